The van der Waals surface area contributed by atoms with Crippen LogP contribution >= 0.6 is 23.2 Å². The van der Waals surface area contributed by atoms with Crippen molar-refractivity contribution in [3.05, 3.63) is 69.1 Å². The minimum absolute atomic E-state index is 0.343. The Morgan fingerprint density at radius 1 is 1.16 bits per heavy atom. The number of nitrogens with zero attached hydrogens (tertiary/aromatic N) is 1. The van der Waals surface area contributed by atoms with E-state index in [2.05, 4.69) is 5.32 Å². The Morgan fingerprint density at radius 3 is 2.41 bits per heavy atom. The maximum Gasteiger partial charge on any atom is 0.313 e. The van der Waals surface area contributed by atoms with Crippen LogP contribution in [0.3, 0.4) is 0 Å². The highest BCUT2D eigenvalue weighted by Crippen LogP contribution is 2.43. The molecule has 0 spiro atoms. The van der Waals surface area contributed by atoms with Gasteiger partial charge in [-0.05, 0) is 62.9 Å². The van der Waals surface area contributed by atoms with Gasteiger partial charge in [-0.3, -0.25) is 9.59 Å². The van der Waals surface area contributed by atoms with Gasteiger partial charge in [-0.1, -0.05) is 35.3 Å². The summed E-state index contributed by atoms with van der Waals surface area (Å²) in [7, 11) is 1.76. The standard InChI is InChI=1S/C24H23Cl2FN2O3/c1-23(2,22(31)32)13-5-6-15(17(27)11-13)24(9-4-10-24)28-21(30)19-12-14-18(29(19)3)8-7-16(25)20(14)26/h5-8,11-12H,4,9-10H2,1-3H3,(H,28,30)(H,31,32). The highest BCUT2D eigenvalue weighted by atomic mass is 35.5. The van der Waals surface area contributed by atoms with Gasteiger partial charge in [0.15, 0.2) is 0 Å². The van der Waals surface area contributed by atoms with E-state index in [1.807, 2.05) is 0 Å². The second-order valence-electron chi connectivity index (χ2n) is 8.90. The quantitative estimate of drug-likeness (QED) is 0.488. The van der Waals surface area contributed by atoms with Gasteiger partial charge in [-0.15, -0.1) is 0 Å². The average Bonchev–Trinajstić information content (AvgIpc) is 3.05. The number of hydrogen-bond acceptors (Lipinski definition) is 2. The van der Waals surface area contributed by atoms with Gasteiger partial charge in [-0.2, -0.15) is 0 Å². The molecule has 5 nitrogen and oxygen atoms in total. The van der Waals surface area contributed by atoms with E-state index in [1.54, 1.807) is 41.9 Å². The zero-order valence-corrected chi connectivity index (χ0v) is 19.4. The first-order valence-corrected chi connectivity index (χ1v) is 11.0. The molecule has 8 heteroatoms. The molecule has 3 aromatic rings. The van der Waals surface area contributed by atoms with Crippen LogP contribution in [-0.2, 0) is 22.8 Å². The van der Waals surface area contributed by atoms with Crippen LogP contribution in [0.2, 0.25) is 10.0 Å². The third-order valence-corrected chi connectivity index (χ3v) is 7.47. The number of carboxylic acid groups (broad SMARTS) is 1. The lowest BCUT2D eigenvalue weighted by Gasteiger charge is -2.43. The number of aryl methyl sites for hydroxylation is 1. The van der Waals surface area contributed by atoms with Crippen molar-refractivity contribution in [2.75, 3.05) is 0 Å². The number of hydrogen-bond donors (Lipinski definition) is 2. The lowest BCUT2D eigenvalue weighted by Crippen LogP contribution is -2.51. The fourth-order valence-corrected chi connectivity index (χ4v) is 4.64. The molecule has 1 aliphatic rings. The average molecular weight is 477 g/mol. The van der Waals surface area contributed by atoms with Gasteiger partial charge in [-0.25, -0.2) is 4.39 Å². The van der Waals surface area contributed by atoms with Crippen molar-refractivity contribution in [1.82, 2.24) is 9.88 Å². The highest BCUT2D eigenvalue weighted by Gasteiger charge is 2.43. The predicted molar refractivity (Wildman–Crippen MR) is 123 cm³/mol. The van der Waals surface area contributed by atoms with E-state index in [4.69, 9.17) is 23.2 Å². The number of carbonyl (C=O) groups is 2. The summed E-state index contributed by atoms with van der Waals surface area (Å²) in [6.45, 7) is 3.06. The molecule has 2 N–H and O–H groups in total. The topological polar surface area (TPSA) is 71.3 Å². The van der Waals surface area contributed by atoms with E-state index >= 15 is 4.39 Å². The van der Waals surface area contributed by atoms with Crippen molar-refractivity contribution in [3.63, 3.8) is 0 Å². The first-order valence-electron chi connectivity index (χ1n) is 10.3. The number of amides is 1. The van der Waals surface area contributed by atoms with Crippen LogP contribution in [0.1, 0.15) is 54.7 Å². The molecule has 1 fully saturated rings. The van der Waals surface area contributed by atoms with E-state index in [9.17, 15) is 14.7 Å². The fourth-order valence-electron chi connectivity index (χ4n) is 4.26. The molecule has 0 atom stereocenters. The lowest BCUT2D eigenvalue weighted by atomic mass is 9.70. The Morgan fingerprint density at radius 2 is 1.84 bits per heavy atom. The Hall–Kier alpha value is -2.57. The molecule has 32 heavy (non-hydrogen) atoms. The van der Waals surface area contributed by atoms with Crippen molar-refractivity contribution in [1.29, 1.82) is 0 Å². The number of aromatic nitrogens is 1. The molecule has 4 rings (SSSR count). The summed E-state index contributed by atoms with van der Waals surface area (Å²) < 4.78 is 16.9. The van der Waals surface area contributed by atoms with Gasteiger partial charge in [0.25, 0.3) is 5.91 Å². The van der Waals surface area contributed by atoms with Gasteiger partial charge in [0.05, 0.1) is 21.0 Å². The monoisotopic (exact) mass is 476 g/mol. The Bertz CT molecular complexity index is 1260. The maximum absolute atomic E-state index is 15.2. The summed E-state index contributed by atoms with van der Waals surface area (Å²) in [6, 6.07) is 9.62. The van der Waals surface area contributed by atoms with E-state index in [-0.39, 0.29) is 5.91 Å². The van der Waals surface area contributed by atoms with Crippen molar-refractivity contribution in [2.24, 2.45) is 7.05 Å². The second kappa shape index (κ2) is 7.78. The lowest BCUT2D eigenvalue weighted by molar-refractivity contribution is -0.142. The van der Waals surface area contributed by atoms with Crippen molar-refractivity contribution >= 4 is 46.0 Å². The Labute approximate surface area is 195 Å². The third kappa shape index (κ3) is 3.46. The smallest absolute Gasteiger partial charge is 0.313 e. The molecular formula is C24H23Cl2FN2O3. The fraction of sp³-hybridized carbons (Fsp3) is 0.333. The molecule has 1 saturated carbocycles. The van der Waals surface area contributed by atoms with Crippen LogP contribution in [0.25, 0.3) is 10.9 Å². The predicted octanol–water partition coefficient (Wildman–Crippen LogP) is 5.80. The van der Waals surface area contributed by atoms with Crippen molar-refractivity contribution < 1.29 is 19.1 Å². The number of aliphatic carboxylic acids is 1. The number of fused-ring (bicyclic) bond motifs is 1. The number of nitrogens with one attached hydrogen (secondary N) is 1. The SMILES string of the molecule is Cn1c(C(=O)NC2(c3ccc(C(C)(C)C(=O)O)cc3F)CCC2)cc2c(Cl)c(Cl)ccc21. The Kier molecular flexibility index (Phi) is 5.50. The molecule has 0 radical (unpaired) electrons. The summed E-state index contributed by atoms with van der Waals surface area (Å²) >= 11 is 12.4. The first kappa shape index (κ1) is 22.6. The van der Waals surface area contributed by atoms with E-state index in [1.165, 1.54) is 19.9 Å². The van der Waals surface area contributed by atoms with E-state index < -0.39 is 22.7 Å². The molecule has 1 amide bonds. The molecule has 0 unspecified atom stereocenters. The van der Waals surface area contributed by atoms with Crippen molar-refractivity contribution in [2.45, 2.75) is 44.1 Å². The van der Waals surface area contributed by atoms with Crippen LogP contribution < -0.4 is 5.32 Å². The second-order valence-corrected chi connectivity index (χ2v) is 9.68. The molecule has 1 aromatic heterocycles. The van der Waals surface area contributed by atoms with Gasteiger partial charge in [0, 0.05) is 23.5 Å². The first-order chi connectivity index (χ1) is 15.0. The minimum Gasteiger partial charge on any atom is -0.481 e. The number of carboxylic acids is 1. The minimum atomic E-state index is -1.22. The van der Waals surface area contributed by atoms with Crippen LogP contribution in [0.15, 0.2) is 36.4 Å². The molecular weight excluding hydrogens is 454 g/mol. The molecule has 0 aliphatic heterocycles. The molecule has 1 heterocycles. The third-order valence-electron chi connectivity index (χ3n) is 6.65. The maximum atomic E-state index is 15.2. The number of rotatable bonds is 5. The molecule has 0 bridgehead atoms. The summed E-state index contributed by atoms with van der Waals surface area (Å²) in [4.78, 5) is 24.8. The van der Waals surface area contributed by atoms with Crippen LogP contribution in [0.5, 0.6) is 0 Å². The van der Waals surface area contributed by atoms with E-state index in [0.717, 1.165) is 11.9 Å². The molecule has 168 valence electrons. The molecule has 1 aliphatic carbocycles. The number of benzene rings is 2. The van der Waals surface area contributed by atoms with Crippen LogP contribution in [-0.4, -0.2) is 21.6 Å². The van der Waals surface area contributed by atoms with Gasteiger partial charge < -0.3 is 15.0 Å². The zero-order valence-electron chi connectivity index (χ0n) is 17.9. The van der Waals surface area contributed by atoms with E-state index in [0.29, 0.717) is 45.1 Å². The molecule has 0 saturated heterocycles. The van der Waals surface area contributed by atoms with Gasteiger partial charge in [0.1, 0.15) is 11.5 Å². The van der Waals surface area contributed by atoms with Gasteiger partial charge in [0.2, 0.25) is 0 Å². The van der Waals surface area contributed by atoms with Crippen molar-refractivity contribution in [3.8, 4) is 0 Å². The summed E-state index contributed by atoms with van der Waals surface area (Å²) in [5, 5.41) is 13.9. The van der Waals surface area contributed by atoms with Crippen LogP contribution in [0.4, 0.5) is 4.39 Å². The zero-order chi connectivity index (χ0) is 23.4. The highest BCUT2D eigenvalue weighted by molar-refractivity contribution is 6.45. The Balaban J connectivity index is 1.69. The number of carbonyl (C=O) groups excluding carboxylic acids is 1. The van der Waals surface area contributed by atoms with Crippen LogP contribution in [0, 0.1) is 5.82 Å². The summed E-state index contributed by atoms with van der Waals surface area (Å²) in [6.07, 6.45) is 2.03. The largest absolute Gasteiger partial charge is 0.481 e. The summed E-state index contributed by atoms with van der Waals surface area (Å²) in [5.41, 5.74) is -0.184. The normalized spacial score (nSPS) is 15.4. The van der Waals surface area contributed by atoms with Gasteiger partial charge >= 0.3 is 5.97 Å². The summed E-state index contributed by atoms with van der Waals surface area (Å²) in [5.74, 6) is -1.90. The molecule has 2 aromatic carbocycles. The number of halogens is 3.